The van der Waals surface area contributed by atoms with Gasteiger partial charge in [0, 0.05) is 33.6 Å². The lowest BCUT2D eigenvalue weighted by Crippen LogP contribution is -2.31. The average molecular weight is 419 g/mol. The van der Waals surface area contributed by atoms with E-state index in [1.54, 1.807) is 67.9 Å². The van der Waals surface area contributed by atoms with Crippen molar-refractivity contribution in [2.75, 3.05) is 0 Å². The lowest BCUT2D eigenvalue weighted by molar-refractivity contribution is -0.660. The van der Waals surface area contributed by atoms with E-state index < -0.39 is 27.4 Å². The third-order valence-electron chi connectivity index (χ3n) is 5.68. The number of hydrogen-bond acceptors (Lipinski definition) is 0. The fraction of sp³-hybridized carbons (Fsp3) is 0.233. The minimum atomic E-state index is -2.58. The molecule has 0 bridgehead atoms. The topological polar surface area (TPSA) is 3.88 Å². The summed E-state index contributed by atoms with van der Waals surface area (Å²) in [7, 11) is 1.65. The van der Waals surface area contributed by atoms with Gasteiger partial charge in [-0.2, -0.15) is 0 Å². The van der Waals surface area contributed by atoms with Gasteiger partial charge in [-0.25, -0.2) is 4.57 Å². The van der Waals surface area contributed by atoms with Crippen LogP contribution in [0.25, 0.3) is 33.5 Å². The van der Waals surface area contributed by atoms with Crippen molar-refractivity contribution in [2.24, 2.45) is 7.05 Å². The Morgan fingerprint density at radius 2 is 1.39 bits per heavy atom. The molecule has 156 valence electrons. The lowest BCUT2D eigenvalue weighted by atomic mass is 9.88. The Bertz CT molecular complexity index is 1690. The molecule has 0 radical (unpaired) electrons. The number of hydrogen-bond donors (Lipinski definition) is 0. The van der Waals surface area contributed by atoms with Crippen molar-refractivity contribution < 1.29 is 21.0 Å². The first kappa shape index (κ1) is 10.9. The molecule has 31 heavy (non-hydrogen) atoms. The van der Waals surface area contributed by atoms with Gasteiger partial charge in [0.05, 0.1) is 0 Å². The van der Waals surface area contributed by atoms with E-state index in [4.69, 9.17) is 16.4 Å². The van der Waals surface area contributed by atoms with Crippen LogP contribution < -0.4 is 4.57 Å². The average Bonchev–Trinajstić information content (AvgIpc) is 2.86. The van der Waals surface area contributed by atoms with Crippen LogP contribution in [-0.2, 0) is 7.05 Å². The van der Waals surface area contributed by atoms with Gasteiger partial charge in [0.1, 0.15) is 7.05 Å². The third kappa shape index (κ3) is 3.81. The number of rotatable bonds is 3. The zero-order valence-corrected chi connectivity index (χ0v) is 17.8. The molecule has 1 aromatic heterocycles. The van der Waals surface area contributed by atoms with Crippen LogP contribution >= 0.6 is 0 Å². The summed E-state index contributed by atoms with van der Waals surface area (Å²) in [4.78, 5) is 0. The van der Waals surface area contributed by atoms with Crippen LogP contribution in [-0.4, -0.2) is 0 Å². The van der Waals surface area contributed by atoms with Gasteiger partial charge in [0.15, 0.2) is 6.20 Å². The van der Waals surface area contributed by atoms with E-state index >= 15 is 0 Å². The Kier molecular flexibility index (Phi) is 2.87. The fourth-order valence-electron chi connectivity index (χ4n) is 4.07. The zero-order chi connectivity index (χ0) is 32.3. The predicted octanol–water partition coefficient (Wildman–Crippen LogP) is 7.36. The van der Waals surface area contributed by atoms with Crippen molar-refractivity contribution in [3.05, 3.63) is 100 Å². The van der Waals surface area contributed by atoms with Crippen molar-refractivity contribution >= 4 is 0 Å². The van der Waals surface area contributed by atoms with Crippen LogP contribution in [0.15, 0.2) is 66.9 Å². The predicted molar refractivity (Wildman–Crippen MR) is 132 cm³/mol. The van der Waals surface area contributed by atoms with E-state index in [0.717, 1.165) is 0 Å². The molecule has 0 saturated heterocycles. The first-order valence-corrected chi connectivity index (χ1v) is 10.0. The number of benzene rings is 3. The molecule has 4 rings (SSSR count). The largest absolute Gasteiger partial charge is 0.213 e. The normalized spacial score (nSPS) is 18.4. The molecule has 0 atom stereocenters. The Morgan fingerprint density at radius 3 is 2.16 bits per heavy atom. The van der Waals surface area contributed by atoms with Gasteiger partial charge in [-0.1, -0.05) is 54.1 Å². The third-order valence-corrected chi connectivity index (χ3v) is 5.68. The highest BCUT2D eigenvalue weighted by Gasteiger charge is 2.20. The summed E-state index contributed by atoms with van der Waals surface area (Å²) in [6.07, 6.45) is 1.44. The smallest absolute Gasteiger partial charge is 0.201 e. The SMILES string of the molecule is [2H]C([2H])([2H])c1cc(C)ccc1-c1cc(-c2ccc(C([2H])([2H])[2H])c(-c3ccccc3C([2H])([2H])[2H])c2C)[n+](C)cc1C([2H])([2H])[2H]. The van der Waals surface area contributed by atoms with Crippen molar-refractivity contribution in [1.82, 2.24) is 0 Å². The summed E-state index contributed by atoms with van der Waals surface area (Å²) in [5.41, 5.74) is 3.15. The molecule has 0 N–H and O–H groups in total. The monoisotopic (exact) mass is 418 g/mol. The number of nitrogens with zero attached hydrogens (tertiary/aromatic N) is 1. The molecule has 4 aromatic rings. The molecule has 0 aliphatic heterocycles. The second kappa shape index (κ2) is 8.15. The molecule has 0 spiro atoms. The minimum absolute atomic E-state index is 0.00513. The van der Waals surface area contributed by atoms with E-state index in [2.05, 4.69) is 0 Å². The van der Waals surface area contributed by atoms with Crippen molar-refractivity contribution in [2.45, 2.75) is 41.3 Å². The summed E-state index contributed by atoms with van der Waals surface area (Å²) < 4.78 is 99.7. The number of pyridine rings is 1. The molecule has 1 nitrogen and oxygen atoms in total. The van der Waals surface area contributed by atoms with E-state index in [1.807, 2.05) is 0 Å². The summed E-state index contributed by atoms with van der Waals surface area (Å²) in [6, 6.07) is 15.8. The van der Waals surface area contributed by atoms with Crippen LogP contribution in [0.3, 0.4) is 0 Å². The van der Waals surface area contributed by atoms with Crippen molar-refractivity contribution in [1.29, 1.82) is 0 Å². The maximum absolute atomic E-state index is 8.23. The fourth-order valence-corrected chi connectivity index (χ4v) is 4.07. The lowest BCUT2D eigenvalue weighted by Gasteiger charge is -2.17. The van der Waals surface area contributed by atoms with Crippen LogP contribution in [0, 0.1) is 41.3 Å². The van der Waals surface area contributed by atoms with Gasteiger partial charge in [0.2, 0.25) is 5.69 Å². The quantitative estimate of drug-likeness (QED) is 0.306. The Labute approximate surface area is 203 Å². The molecule has 0 saturated carbocycles. The Hall–Kier alpha value is -3.19. The van der Waals surface area contributed by atoms with E-state index in [0.29, 0.717) is 22.4 Å². The highest BCUT2D eigenvalue weighted by molar-refractivity contribution is 5.82. The molecule has 0 amide bonds. The van der Waals surface area contributed by atoms with Gasteiger partial charge in [-0.15, -0.1) is 0 Å². The zero-order valence-electron chi connectivity index (χ0n) is 29.8. The van der Waals surface area contributed by atoms with Gasteiger partial charge in [-0.3, -0.25) is 0 Å². The Balaban J connectivity index is 2.13. The first-order chi connectivity index (χ1) is 19.6. The molecule has 0 aliphatic rings. The second-order valence-electron chi connectivity index (χ2n) is 7.85. The highest BCUT2D eigenvalue weighted by Crippen LogP contribution is 2.36. The number of aryl methyl sites for hydroxylation is 6. The summed E-state index contributed by atoms with van der Waals surface area (Å²) in [6.45, 7) is -6.71. The molecule has 3 aromatic carbocycles. The van der Waals surface area contributed by atoms with Crippen LogP contribution in [0.5, 0.6) is 0 Å². The maximum Gasteiger partial charge on any atom is 0.213 e. The van der Waals surface area contributed by atoms with Crippen LogP contribution in [0.4, 0.5) is 0 Å². The van der Waals surface area contributed by atoms with Crippen LogP contribution in [0.2, 0.25) is 0 Å². The summed E-state index contributed by atoms with van der Waals surface area (Å²) in [5, 5.41) is 0. The summed E-state index contributed by atoms with van der Waals surface area (Å²) in [5.74, 6) is 0. The second-order valence-corrected chi connectivity index (χ2v) is 7.85. The molecular formula is C30H32N+. The van der Waals surface area contributed by atoms with E-state index in [1.165, 1.54) is 24.4 Å². The molecule has 1 heterocycles. The molecule has 0 fully saturated rings. The van der Waals surface area contributed by atoms with Gasteiger partial charge in [-0.05, 0) is 91.8 Å². The maximum atomic E-state index is 8.23. The Morgan fingerprint density at radius 1 is 0.645 bits per heavy atom. The minimum Gasteiger partial charge on any atom is -0.201 e. The van der Waals surface area contributed by atoms with E-state index in [9.17, 15) is 0 Å². The molecule has 1 heteroatoms. The molecular weight excluding hydrogens is 374 g/mol. The van der Waals surface area contributed by atoms with Gasteiger partial charge < -0.3 is 0 Å². The first-order valence-electron chi connectivity index (χ1n) is 16.0. The van der Waals surface area contributed by atoms with Crippen LogP contribution in [0.1, 0.15) is 49.8 Å². The van der Waals surface area contributed by atoms with Crippen molar-refractivity contribution in [3.63, 3.8) is 0 Å². The highest BCUT2D eigenvalue weighted by atomic mass is 14.9. The number of aromatic nitrogens is 1. The van der Waals surface area contributed by atoms with Gasteiger partial charge in [0.25, 0.3) is 0 Å². The van der Waals surface area contributed by atoms with Gasteiger partial charge >= 0.3 is 0 Å². The molecule has 0 aliphatic carbocycles. The van der Waals surface area contributed by atoms with E-state index in [-0.39, 0.29) is 44.5 Å². The summed E-state index contributed by atoms with van der Waals surface area (Å²) >= 11 is 0. The van der Waals surface area contributed by atoms with Crippen molar-refractivity contribution in [3.8, 4) is 33.5 Å². The molecule has 0 unspecified atom stereocenters. The standard InChI is InChI=1S/C30H32N/c1-19-12-14-25(22(4)16-19)28-17-29(31(7)18-23(28)5)27-15-13-21(3)30(24(27)6)26-11-9-8-10-20(26)2/h8-18H,1-7H3/q+1/i2D3,3D3,4D3,5D3.